The van der Waals surface area contributed by atoms with E-state index in [9.17, 15) is 31.1 Å². The Hall–Kier alpha value is -1.93. The molecule has 1 aromatic carbocycles. The maximum atomic E-state index is 12.5. The van der Waals surface area contributed by atoms with Gasteiger partial charge in [-0.2, -0.15) is 26.3 Å². The number of carbonyl (C=O) groups is 1. The van der Waals surface area contributed by atoms with Crippen molar-refractivity contribution in [2.45, 2.75) is 12.4 Å². The molecule has 0 aliphatic heterocycles. The van der Waals surface area contributed by atoms with Crippen LogP contribution in [0.1, 0.15) is 10.4 Å². The second-order valence-electron chi connectivity index (χ2n) is 3.98. The number of hydrogen-bond donors (Lipinski definition) is 0. The summed E-state index contributed by atoms with van der Waals surface area (Å²) in [6, 6.07) is 2.79. The molecule has 0 bridgehead atoms. The first-order valence-corrected chi connectivity index (χ1v) is 5.41. The number of rotatable bonds is 4. The van der Waals surface area contributed by atoms with E-state index in [0.717, 1.165) is 26.4 Å². The average Bonchev–Trinajstić information content (AvgIpc) is 2.34. The number of ketones is 1. The molecule has 0 saturated carbocycles. The van der Waals surface area contributed by atoms with Crippen LogP contribution in [0.2, 0.25) is 0 Å². The lowest BCUT2D eigenvalue weighted by Crippen LogP contribution is -2.42. The minimum atomic E-state index is -5.74. The van der Waals surface area contributed by atoms with E-state index in [4.69, 9.17) is 9.47 Å². The van der Waals surface area contributed by atoms with Crippen LogP contribution < -0.4 is 9.47 Å². The highest BCUT2D eigenvalue weighted by Crippen LogP contribution is 2.41. The van der Waals surface area contributed by atoms with Crippen LogP contribution in [0.4, 0.5) is 26.3 Å². The fraction of sp³-hybridized carbons (Fsp3) is 0.417. The molecule has 0 unspecified atom stereocenters. The van der Waals surface area contributed by atoms with Crippen LogP contribution in [0.3, 0.4) is 0 Å². The zero-order chi connectivity index (χ0) is 16.4. The Morgan fingerprint density at radius 3 is 1.57 bits per heavy atom. The molecule has 0 saturated heterocycles. The molecule has 21 heavy (non-hydrogen) atoms. The lowest BCUT2D eigenvalue weighted by Gasteiger charge is -2.22. The monoisotopic (exact) mass is 316 g/mol. The Morgan fingerprint density at radius 1 is 0.905 bits per heavy atom. The molecular formula is C12H10F6O3. The number of methoxy groups -OCH3 is 2. The van der Waals surface area contributed by atoms with Crippen molar-refractivity contribution < 1.29 is 40.6 Å². The number of alkyl halides is 6. The van der Waals surface area contributed by atoms with Crippen LogP contribution in [0.25, 0.3) is 0 Å². The van der Waals surface area contributed by atoms with Crippen LogP contribution in [0.15, 0.2) is 18.2 Å². The molecule has 0 fully saturated rings. The van der Waals surface area contributed by atoms with Gasteiger partial charge >= 0.3 is 12.4 Å². The van der Waals surface area contributed by atoms with E-state index in [0.29, 0.717) is 0 Å². The molecule has 0 aromatic heterocycles. The van der Waals surface area contributed by atoms with Crippen molar-refractivity contribution in [2.75, 3.05) is 14.2 Å². The maximum absolute atomic E-state index is 12.5. The van der Waals surface area contributed by atoms with Gasteiger partial charge in [-0.15, -0.1) is 0 Å². The molecular weight excluding hydrogens is 306 g/mol. The predicted octanol–water partition coefficient (Wildman–Crippen LogP) is 3.63. The molecule has 0 spiro atoms. The van der Waals surface area contributed by atoms with Crippen LogP contribution in [-0.2, 0) is 0 Å². The molecule has 0 atom stereocenters. The highest BCUT2D eigenvalue weighted by Gasteiger charge is 2.60. The highest BCUT2D eigenvalue weighted by atomic mass is 19.4. The molecule has 0 aliphatic rings. The minimum absolute atomic E-state index is 0.0965. The molecule has 3 nitrogen and oxygen atoms in total. The summed E-state index contributed by atoms with van der Waals surface area (Å²) in [5, 5.41) is 0. The summed E-state index contributed by atoms with van der Waals surface area (Å²) in [5.41, 5.74) is -0.800. The van der Waals surface area contributed by atoms with Crippen LogP contribution >= 0.6 is 0 Å². The first-order valence-electron chi connectivity index (χ1n) is 5.41. The Kier molecular flexibility index (Phi) is 4.75. The Bertz CT molecular complexity index is 484. The third-order valence-corrected chi connectivity index (χ3v) is 2.55. The number of hydrogen-bond acceptors (Lipinski definition) is 3. The van der Waals surface area contributed by atoms with E-state index in [1.807, 2.05) is 0 Å². The van der Waals surface area contributed by atoms with Gasteiger partial charge in [-0.05, 0) is 12.1 Å². The topological polar surface area (TPSA) is 35.5 Å². The van der Waals surface area contributed by atoms with Crippen LogP contribution in [0.5, 0.6) is 11.5 Å². The normalized spacial score (nSPS) is 12.4. The van der Waals surface area contributed by atoms with Crippen molar-refractivity contribution in [3.63, 3.8) is 0 Å². The van der Waals surface area contributed by atoms with Gasteiger partial charge in [0.25, 0.3) is 0 Å². The van der Waals surface area contributed by atoms with Gasteiger partial charge in [0.2, 0.25) is 5.92 Å². The third kappa shape index (κ3) is 4.02. The Balaban J connectivity index is 3.34. The minimum Gasteiger partial charge on any atom is -0.497 e. The number of carbonyl (C=O) groups excluding carboxylic acids is 1. The molecule has 0 N–H and O–H groups in total. The summed E-state index contributed by atoms with van der Waals surface area (Å²) in [5.74, 6) is -6.41. The summed E-state index contributed by atoms with van der Waals surface area (Å²) >= 11 is 0. The molecule has 0 radical (unpaired) electrons. The standard InChI is InChI=1S/C12H10F6O3/c1-20-7-3-6(4-8(5-7)21-2)9(19)10(11(13,14)15)12(16,17)18/h3-5,10H,1-2H3. The first kappa shape index (κ1) is 17.1. The molecule has 0 aliphatic carbocycles. The molecule has 0 heterocycles. The average molecular weight is 316 g/mol. The molecule has 1 aromatic rings. The molecule has 1 rings (SSSR count). The first-order chi connectivity index (χ1) is 9.50. The summed E-state index contributed by atoms with van der Waals surface area (Å²) in [6.07, 6.45) is -11.5. The van der Waals surface area contributed by atoms with Crippen LogP contribution in [-0.4, -0.2) is 32.4 Å². The Morgan fingerprint density at radius 2 is 1.29 bits per heavy atom. The molecule has 9 heteroatoms. The number of Topliss-reactive ketones (excluding diaryl/α,β-unsaturated/α-hetero) is 1. The van der Waals surface area contributed by atoms with Crippen molar-refractivity contribution in [1.29, 1.82) is 0 Å². The molecule has 0 amide bonds. The van der Waals surface area contributed by atoms with E-state index < -0.39 is 29.6 Å². The van der Waals surface area contributed by atoms with Gasteiger partial charge in [-0.3, -0.25) is 4.79 Å². The molecule has 118 valence electrons. The zero-order valence-corrected chi connectivity index (χ0v) is 10.8. The van der Waals surface area contributed by atoms with Gasteiger partial charge in [0, 0.05) is 11.6 Å². The van der Waals surface area contributed by atoms with E-state index in [1.54, 1.807) is 0 Å². The lowest BCUT2D eigenvalue weighted by molar-refractivity contribution is -0.264. The smallest absolute Gasteiger partial charge is 0.407 e. The SMILES string of the molecule is COc1cc(OC)cc(C(=O)C(C(F)(F)F)C(F)(F)F)c1. The number of halogens is 6. The number of benzene rings is 1. The largest absolute Gasteiger partial charge is 0.497 e. The van der Waals surface area contributed by atoms with Crippen LogP contribution in [0, 0.1) is 5.92 Å². The van der Waals surface area contributed by atoms with Gasteiger partial charge < -0.3 is 9.47 Å². The summed E-state index contributed by atoms with van der Waals surface area (Å²) in [4.78, 5) is 11.6. The van der Waals surface area contributed by atoms with Gasteiger partial charge in [0.1, 0.15) is 11.5 Å². The maximum Gasteiger partial charge on any atom is 0.407 e. The summed E-state index contributed by atoms with van der Waals surface area (Å²) in [6.45, 7) is 0. The van der Waals surface area contributed by atoms with E-state index >= 15 is 0 Å². The van der Waals surface area contributed by atoms with E-state index in [2.05, 4.69) is 0 Å². The third-order valence-electron chi connectivity index (χ3n) is 2.55. The van der Waals surface area contributed by atoms with Gasteiger partial charge in [0.15, 0.2) is 5.78 Å². The van der Waals surface area contributed by atoms with Gasteiger partial charge in [-0.1, -0.05) is 0 Å². The second-order valence-corrected chi connectivity index (χ2v) is 3.98. The summed E-state index contributed by atoms with van der Waals surface area (Å²) < 4.78 is 84.5. The van der Waals surface area contributed by atoms with Crippen molar-refractivity contribution in [3.05, 3.63) is 23.8 Å². The number of ether oxygens (including phenoxy) is 2. The fourth-order valence-electron chi connectivity index (χ4n) is 1.60. The Labute approximate surface area is 115 Å². The lowest BCUT2D eigenvalue weighted by atomic mass is 9.96. The van der Waals surface area contributed by atoms with Crippen molar-refractivity contribution in [1.82, 2.24) is 0 Å². The summed E-state index contributed by atoms with van der Waals surface area (Å²) in [7, 11) is 2.29. The van der Waals surface area contributed by atoms with Gasteiger partial charge in [-0.25, -0.2) is 0 Å². The highest BCUT2D eigenvalue weighted by molar-refractivity contribution is 5.99. The fourth-order valence-corrected chi connectivity index (χ4v) is 1.60. The van der Waals surface area contributed by atoms with Crippen molar-refractivity contribution in [3.8, 4) is 11.5 Å². The van der Waals surface area contributed by atoms with Crippen molar-refractivity contribution >= 4 is 5.78 Å². The van der Waals surface area contributed by atoms with E-state index in [-0.39, 0.29) is 11.5 Å². The van der Waals surface area contributed by atoms with Gasteiger partial charge in [0.05, 0.1) is 14.2 Å². The van der Waals surface area contributed by atoms with Crippen molar-refractivity contribution in [2.24, 2.45) is 5.92 Å². The zero-order valence-electron chi connectivity index (χ0n) is 10.8. The quantitative estimate of drug-likeness (QED) is 0.628. The second kappa shape index (κ2) is 5.82. The van der Waals surface area contributed by atoms with E-state index in [1.165, 1.54) is 6.07 Å². The predicted molar refractivity (Wildman–Crippen MR) is 59.5 cm³/mol.